The third-order valence-electron chi connectivity index (χ3n) is 0.687. The second-order valence-corrected chi connectivity index (χ2v) is 2.73. The molecule has 0 aliphatic heterocycles. The Kier molecular flexibility index (Phi) is 4.39. The van der Waals surface area contributed by atoms with Crippen LogP contribution in [-0.4, -0.2) is 5.71 Å². The first kappa shape index (κ1) is 8.68. The minimum Gasteiger partial charge on any atom is -0.393 e. The quantitative estimate of drug-likeness (QED) is 0.443. The first-order chi connectivity index (χ1) is 4.16. The first-order valence-corrected chi connectivity index (χ1v) is 3.52. The Morgan fingerprint density at radius 2 is 2.33 bits per heavy atom. The second-order valence-electron chi connectivity index (χ2n) is 1.49. The summed E-state index contributed by atoms with van der Waals surface area (Å²) in [4.78, 5) is 3.95. The van der Waals surface area contributed by atoms with Crippen LogP contribution in [0, 0.1) is 0 Å². The highest BCUT2D eigenvalue weighted by molar-refractivity contribution is 14.1. The fourth-order valence-electron chi connectivity index (χ4n) is 0.216. The summed E-state index contributed by atoms with van der Waals surface area (Å²) in [6.07, 6.45) is 3.27. The van der Waals surface area contributed by atoms with Gasteiger partial charge in [0, 0.05) is 5.71 Å². The lowest BCUT2D eigenvalue weighted by Gasteiger charge is -1.84. The van der Waals surface area contributed by atoms with Gasteiger partial charge in [0.25, 0.3) is 0 Å². The van der Waals surface area contributed by atoms with Crippen molar-refractivity contribution in [3.05, 3.63) is 22.6 Å². The number of aliphatic imine (C=N–C) groups is 1. The van der Waals surface area contributed by atoms with E-state index in [0.717, 1.165) is 5.71 Å². The molecule has 0 aliphatic carbocycles. The fourth-order valence-corrected chi connectivity index (χ4v) is 0.355. The molecule has 0 rings (SSSR count). The topological polar surface area (TPSA) is 38.4 Å². The molecule has 0 bridgehead atoms. The summed E-state index contributed by atoms with van der Waals surface area (Å²) in [5, 5.41) is 0. The van der Waals surface area contributed by atoms with Crippen LogP contribution in [0.15, 0.2) is 27.6 Å². The van der Waals surface area contributed by atoms with Crippen LogP contribution in [0.2, 0.25) is 0 Å². The van der Waals surface area contributed by atoms with Gasteiger partial charge in [0.15, 0.2) is 0 Å². The van der Waals surface area contributed by atoms with Crippen LogP contribution >= 0.6 is 22.6 Å². The second kappa shape index (κ2) is 4.55. The molecule has 0 fully saturated rings. The predicted octanol–water partition coefficient (Wildman–Crippen LogP) is 1.83. The lowest BCUT2D eigenvalue weighted by molar-refractivity contribution is 1.46. The van der Waals surface area contributed by atoms with Crippen LogP contribution in [0.3, 0.4) is 0 Å². The van der Waals surface area contributed by atoms with Crippen molar-refractivity contribution in [2.75, 3.05) is 0 Å². The monoisotopic (exact) mass is 236 g/mol. The standard InChI is InChI=1S/C6H9IN2/c1-3-5(2)9-4-6(7)8/h3-4H,1,8H2,2H3/b6-4-,9-5-. The number of allylic oxidation sites excluding steroid dienone is 1. The van der Waals surface area contributed by atoms with Crippen LogP contribution in [0.5, 0.6) is 0 Å². The molecular formula is C6H9IN2. The molecule has 0 radical (unpaired) electrons. The zero-order valence-corrected chi connectivity index (χ0v) is 7.42. The molecule has 0 saturated carbocycles. The highest BCUT2D eigenvalue weighted by Crippen LogP contribution is 1.95. The fraction of sp³-hybridized carbons (Fsp3) is 0.167. The van der Waals surface area contributed by atoms with Crippen LogP contribution in [-0.2, 0) is 0 Å². The van der Waals surface area contributed by atoms with Crippen molar-refractivity contribution >= 4 is 28.3 Å². The average molecular weight is 236 g/mol. The van der Waals surface area contributed by atoms with Crippen molar-refractivity contribution in [1.29, 1.82) is 0 Å². The molecule has 50 valence electrons. The molecule has 0 aromatic carbocycles. The van der Waals surface area contributed by atoms with Gasteiger partial charge in [-0.25, -0.2) is 0 Å². The van der Waals surface area contributed by atoms with Crippen LogP contribution in [0.25, 0.3) is 0 Å². The van der Waals surface area contributed by atoms with Gasteiger partial charge in [-0.3, -0.25) is 4.99 Å². The molecule has 0 aliphatic rings. The summed E-state index contributed by atoms with van der Waals surface area (Å²) in [5.41, 5.74) is 6.17. The van der Waals surface area contributed by atoms with Crippen molar-refractivity contribution in [3.8, 4) is 0 Å². The summed E-state index contributed by atoms with van der Waals surface area (Å²) < 4.78 is 0.675. The van der Waals surface area contributed by atoms with Crippen molar-refractivity contribution in [1.82, 2.24) is 0 Å². The molecule has 0 aromatic rings. The van der Waals surface area contributed by atoms with E-state index < -0.39 is 0 Å². The lowest BCUT2D eigenvalue weighted by Crippen LogP contribution is -1.86. The number of nitrogens with zero attached hydrogens (tertiary/aromatic N) is 1. The minimum absolute atomic E-state index is 0.675. The molecule has 2 nitrogen and oxygen atoms in total. The Bertz CT molecular complexity index is 154. The minimum atomic E-state index is 0.675. The van der Waals surface area contributed by atoms with E-state index >= 15 is 0 Å². The first-order valence-electron chi connectivity index (χ1n) is 2.45. The predicted molar refractivity (Wildman–Crippen MR) is 49.6 cm³/mol. The molecule has 2 N–H and O–H groups in total. The van der Waals surface area contributed by atoms with E-state index in [1.54, 1.807) is 12.3 Å². The number of halogens is 1. The highest BCUT2D eigenvalue weighted by atomic mass is 127. The Morgan fingerprint density at radius 1 is 1.78 bits per heavy atom. The summed E-state index contributed by atoms with van der Waals surface area (Å²) in [6, 6.07) is 0. The van der Waals surface area contributed by atoms with E-state index in [0.29, 0.717) is 3.70 Å². The zero-order chi connectivity index (χ0) is 7.28. The SMILES string of the molecule is C=C/C(C)=N\C=C(/N)I. The van der Waals surface area contributed by atoms with Gasteiger partial charge in [0.2, 0.25) is 0 Å². The average Bonchev–Trinajstić information content (AvgIpc) is 1.83. The number of hydrogen-bond acceptors (Lipinski definition) is 2. The maximum Gasteiger partial charge on any atom is 0.0891 e. The van der Waals surface area contributed by atoms with Crippen molar-refractivity contribution in [3.63, 3.8) is 0 Å². The molecule has 0 spiro atoms. The molecule has 0 amide bonds. The van der Waals surface area contributed by atoms with Gasteiger partial charge in [0.1, 0.15) is 0 Å². The van der Waals surface area contributed by atoms with Gasteiger partial charge in [0.05, 0.1) is 9.90 Å². The van der Waals surface area contributed by atoms with E-state index in [9.17, 15) is 0 Å². The summed E-state index contributed by atoms with van der Waals surface area (Å²) >= 11 is 1.99. The zero-order valence-electron chi connectivity index (χ0n) is 5.26. The van der Waals surface area contributed by atoms with Gasteiger partial charge < -0.3 is 5.73 Å². The van der Waals surface area contributed by atoms with Crippen molar-refractivity contribution < 1.29 is 0 Å². The normalized spacial score (nSPS) is 13.6. The number of nitrogens with two attached hydrogens (primary N) is 1. The Hall–Kier alpha value is -0.320. The maximum absolute atomic E-state index is 5.30. The van der Waals surface area contributed by atoms with Crippen molar-refractivity contribution in [2.24, 2.45) is 10.7 Å². The number of hydrogen-bond donors (Lipinski definition) is 1. The van der Waals surface area contributed by atoms with Crippen LogP contribution in [0.1, 0.15) is 6.92 Å². The van der Waals surface area contributed by atoms with E-state index in [2.05, 4.69) is 11.6 Å². The lowest BCUT2D eigenvalue weighted by atomic mass is 10.4. The molecule has 0 saturated heterocycles. The Morgan fingerprint density at radius 3 is 2.67 bits per heavy atom. The van der Waals surface area contributed by atoms with E-state index in [4.69, 9.17) is 5.73 Å². The summed E-state index contributed by atoms with van der Waals surface area (Å²) in [5.74, 6) is 0. The summed E-state index contributed by atoms with van der Waals surface area (Å²) in [7, 11) is 0. The molecule has 0 unspecified atom stereocenters. The number of rotatable bonds is 2. The van der Waals surface area contributed by atoms with Gasteiger partial charge in [-0.05, 0) is 35.6 Å². The van der Waals surface area contributed by atoms with E-state index in [1.165, 1.54) is 0 Å². The van der Waals surface area contributed by atoms with Crippen molar-refractivity contribution in [2.45, 2.75) is 6.92 Å². The summed E-state index contributed by atoms with van der Waals surface area (Å²) in [6.45, 7) is 5.40. The van der Waals surface area contributed by atoms with Crippen LogP contribution < -0.4 is 5.73 Å². The molecular weight excluding hydrogens is 227 g/mol. The van der Waals surface area contributed by atoms with Gasteiger partial charge >= 0.3 is 0 Å². The third kappa shape index (κ3) is 5.55. The molecule has 9 heavy (non-hydrogen) atoms. The van der Waals surface area contributed by atoms with Gasteiger partial charge in [-0.15, -0.1) is 0 Å². The van der Waals surface area contributed by atoms with E-state index in [1.807, 2.05) is 29.5 Å². The molecule has 0 aromatic heterocycles. The smallest absolute Gasteiger partial charge is 0.0891 e. The van der Waals surface area contributed by atoms with Gasteiger partial charge in [-0.2, -0.15) is 0 Å². The molecule has 0 heterocycles. The Balaban J connectivity index is 3.98. The molecule has 3 heteroatoms. The highest BCUT2D eigenvalue weighted by Gasteiger charge is 1.77. The van der Waals surface area contributed by atoms with Crippen LogP contribution in [0.4, 0.5) is 0 Å². The van der Waals surface area contributed by atoms with Gasteiger partial charge in [-0.1, -0.05) is 6.58 Å². The third-order valence-corrected chi connectivity index (χ3v) is 0.965. The van der Waals surface area contributed by atoms with E-state index in [-0.39, 0.29) is 0 Å². The largest absolute Gasteiger partial charge is 0.393 e. The maximum atomic E-state index is 5.30. The molecule has 0 atom stereocenters. The Labute approximate surface area is 68.7 Å².